The number of carbonyl (C=O) groups excluding carboxylic acids is 2. The molecule has 2 aromatic carbocycles. The monoisotopic (exact) mass is 515 g/mol. The van der Waals surface area contributed by atoms with Gasteiger partial charge in [-0.05, 0) is 56.2 Å². The molecule has 2 aromatic rings. The molecule has 2 rings (SSSR count). The molecule has 0 spiro atoms. The lowest BCUT2D eigenvalue weighted by atomic mass is 10.1. The number of halogens is 3. The molecule has 0 unspecified atom stereocenters. The average molecular weight is 516 g/mol. The van der Waals surface area contributed by atoms with Crippen LogP contribution in [0, 0.1) is 11.6 Å². The third-order valence-electron chi connectivity index (χ3n) is 5.30. The van der Waals surface area contributed by atoms with E-state index >= 15 is 0 Å². The minimum Gasteiger partial charge on any atom is -0.352 e. The van der Waals surface area contributed by atoms with Gasteiger partial charge < -0.3 is 10.2 Å². The Labute approximate surface area is 203 Å². The Morgan fingerprint density at radius 2 is 1.71 bits per heavy atom. The number of benzene rings is 2. The molecule has 0 aliphatic heterocycles. The van der Waals surface area contributed by atoms with Gasteiger partial charge in [-0.3, -0.25) is 13.9 Å². The maximum atomic E-state index is 13.6. The van der Waals surface area contributed by atoms with E-state index in [0.717, 1.165) is 22.7 Å². The number of rotatable bonds is 10. The highest BCUT2D eigenvalue weighted by atomic mass is 35.5. The van der Waals surface area contributed by atoms with Crippen LogP contribution in [0.1, 0.15) is 32.8 Å². The highest BCUT2D eigenvalue weighted by Crippen LogP contribution is 2.25. The highest BCUT2D eigenvalue weighted by molar-refractivity contribution is 7.92. The topological polar surface area (TPSA) is 86.8 Å². The van der Waals surface area contributed by atoms with Gasteiger partial charge in [0, 0.05) is 12.6 Å². The van der Waals surface area contributed by atoms with Crippen molar-refractivity contribution in [2.24, 2.45) is 0 Å². The number of amides is 2. The summed E-state index contributed by atoms with van der Waals surface area (Å²) in [7, 11) is -3.97. The lowest BCUT2D eigenvalue weighted by Crippen LogP contribution is -2.52. The molecule has 0 saturated heterocycles. The van der Waals surface area contributed by atoms with E-state index in [-0.39, 0.29) is 23.3 Å². The summed E-state index contributed by atoms with van der Waals surface area (Å²) < 4.78 is 52.7. The van der Waals surface area contributed by atoms with Crippen molar-refractivity contribution in [3.63, 3.8) is 0 Å². The molecule has 0 radical (unpaired) electrons. The van der Waals surface area contributed by atoms with Crippen LogP contribution in [0.2, 0.25) is 5.02 Å². The van der Waals surface area contributed by atoms with Crippen LogP contribution in [0.4, 0.5) is 14.5 Å². The van der Waals surface area contributed by atoms with Crippen molar-refractivity contribution in [3.05, 3.63) is 64.7 Å². The van der Waals surface area contributed by atoms with Crippen LogP contribution < -0.4 is 9.62 Å². The molecular weight excluding hydrogens is 488 g/mol. The van der Waals surface area contributed by atoms with E-state index in [1.165, 1.54) is 42.2 Å². The molecule has 0 bridgehead atoms. The number of nitrogens with one attached hydrogen (secondary N) is 1. The highest BCUT2D eigenvalue weighted by Gasteiger charge is 2.30. The minimum absolute atomic E-state index is 0.000641. The molecule has 2 atom stereocenters. The van der Waals surface area contributed by atoms with Gasteiger partial charge in [-0.1, -0.05) is 30.7 Å². The molecule has 186 valence electrons. The summed E-state index contributed by atoms with van der Waals surface area (Å²) in [6, 6.07) is 7.62. The Kier molecular flexibility index (Phi) is 9.40. The number of hydrogen-bond donors (Lipinski definition) is 1. The van der Waals surface area contributed by atoms with Crippen LogP contribution in [0.25, 0.3) is 0 Å². The zero-order valence-electron chi connectivity index (χ0n) is 19.4. The van der Waals surface area contributed by atoms with E-state index in [0.29, 0.717) is 12.0 Å². The summed E-state index contributed by atoms with van der Waals surface area (Å²) in [4.78, 5) is 27.4. The molecule has 0 aliphatic rings. The van der Waals surface area contributed by atoms with Crippen LogP contribution >= 0.6 is 11.6 Å². The predicted molar refractivity (Wildman–Crippen MR) is 128 cm³/mol. The van der Waals surface area contributed by atoms with E-state index < -0.39 is 46.1 Å². The Morgan fingerprint density at radius 3 is 2.24 bits per heavy atom. The van der Waals surface area contributed by atoms with Crippen LogP contribution in [-0.4, -0.2) is 50.0 Å². The molecule has 0 fully saturated rings. The fourth-order valence-electron chi connectivity index (χ4n) is 3.09. The van der Waals surface area contributed by atoms with E-state index in [4.69, 9.17) is 11.6 Å². The zero-order valence-corrected chi connectivity index (χ0v) is 21.0. The Bertz CT molecular complexity index is 1130. The number of sulfonamides is 1. The van der Waals surface area contributed by atoms with E-state index in [1.54, 1.807) is 0 Å². The fourth-order valence-corrected chi connectivity index (χ4v) is 4.10. The standard InChI is InChI=1S/C23H28ClF2N3O4S/c1-5-15(2)27-23(31)16(3)28(13-17-6-8-18(25)9-7-17)22(30)14-29(34(4,32)33)19-10-11-21(26)20(24)12-19/h6-12,15-16H,5,13-14H2,1-4H3,(H,27,31)/t15-,16-/m1/s1. The summed E-state index contributed by atoms with van der Waals surface area (Å²) in [5.41, 5.74) is 0.550. The molecule has 7 nitrogen and oxygen atoms in total. The van der Waals surface area contributed by atoms with Gasteiger partial charge in [-0.15, -0.1) is 0 Å². The van der Waals surface area contributed by atoms with Crippen molar-refractivity contribution in [2.45, 2.75) is 45.8 Å². The fraction of sp³-hybridized carbons (Fsp3) is 0.391. The van der Waals surface area contributed by atoms with Gasteiger partial charge in [0.15, 0.2) is 0 Å². The third kappa shape index (κ3) is 7.39. The van der Waals surface area contributed by atoms with Crippen molar-refractivity contribution in [3.8, 4) is 0 Å². The lowest BCUT2D eigenvalue weighted by Gasteiger charge is -2.32. The predicted octanol–water partition coefficient (Wildman–Crippen LogP) is 3.72. The van der Waals surface area contributed by atoms with Crippen molar-refractivity contribution < 1.29 is 26.8 Å². The number of hydrogen-bond acceptors (Lipinski definition) is 4. The van der Waals surface area contributed by atoms with Crippen LogP contribution in [0.5, 0.6) is 0 Å². The van der Waals surface area contributed by atoms with E-state index in [2.05, 4.69) is 5.32 Å². The second kappa shape index (κ2) is 11.6. The summed E-state index contributed by atoms with van der Waals surface area (Å²) in [6.45, 7) is 4.53. The number of anilines is 1. The Hall–Kier alpha value is -2.72. The van der Waals surface area contributed by atoms with Crippen LogP contribution in [0.15, 0.2) is 42.5 Å². The first-order valence-corrected chi connectivity index (χ1v) is 12.8. The molecule has 0 saturated carbocycles. The summed E-state index contributed by atoms with van der Waals surface area (Å²) in [5.74, 6) is -2.29. The van der Waals surface area contributed by atoms with E-state index in [1.807, 2.05) is 13.8 Å². The molecule has 0 aromatic heterocycles. The quantitative estimate of drug-likeness (QED) is 0.522. The number of nitrogens with zero attached hydrogens (tertiary/aromatic N) is 2. The van der Waals surface area contributed by atoms with E-state index in [9.17, 15) is 26.8 Å². The normalized spacial score (nSPS) is 13.1. The number of carbonyl (C=O) groups is 2. The SMILES string of the molecule is CC[C@@H](C)NC(=O)[C@@H](C)N(Cc1ccc(F)cc1)C(=O)CN(c1ccc(F)c(Cl)c1)S(C)(=O)=O. The third-order valence-corrected chi connectivity index (χ3v) is 6.74. The minimum atomic E-state index is -3.97. The first-order valence-electron chi connectivity index (χ1n) is 10.6. The summed E-state index contributed by atoms with van der Waals surface area (Å²) >= 11 is 5.81. The molecule has 34 heavy (non-hydrogen) atoms. The molecule has 1 N–H and O–H groups in total. The van der Waals surface area contributed by atoms with Crippen molar-refractivity contribution in [1.82, 2.24) is 10.2 Å². The van der Waals surface area contributed by atoms with Gasteiger partial charge in [0.05, 0.1) is 17.0 Å². The summed E-state index contributed by atoms with van der Waals surface area (Å²) in [6.07, 6.45) is 1.58. The molecular formula is C23H28ClF2N3O4S. The first-order chi connectivity index (χ1) is 15.8. The maximum Gasteiger partial charge on any atom is 0.244 e. The smallest absolute Gasteiger partial charge is 0.244 e. The molecule has 2 amide bonds. The second-order valence-corrected chi connectivity index (χ2v) is 10.3. The molecule has 0 aliphatic carbocycles. The van der Waals surface area contributed by atoms with Gasteiger partial charge in [0.25, 0.3) is 0 Å². The van der Waals surface area contributed by atoms with Gasteiger partial charge in [0.2, 0.25) is 21.8 Å². The van der Waals surface area contributed by atoms with Gasteiger partial charge in [-0.25, -0.2) is 17.2 Å². The average Bonchev–Trinajstić information content (AvgIpc) is 2.77. The van der Waals surface area contributed by atoms with Crippen molar-refractivity contribution >= 4 is 39.1 Å². The maximum absolute atomic E-state index is 13.6. The summed E-state index contributed by atoms with van der Waals surface area (Å²) in [5, 5.41) is 2.50. The lowest BCUT2D eigenvalue weighted by molar-refractivity contribution is -0.139. The van der Waals surface area contributed by atoms with Gasteiger partial charge in [-0.2, -0.15) is 0 Å². The largest absolute Gasteiger partial charge is 0.352 e. The van der Waals surface area contributed by atoms with Crippen molar-refractivity contribution in [2.75, 3.05) is 17.1 Å². The zero-order chi connectivity index (χ0) is 25.6. The second-order valence-electron chi connectivity index (χ2n) is 8.01. The molecule has 11 heteroatoms. The Morgan fingerprint density at radius 1 is 1.09 bits per heavy atom. The first kappa shape index (κ1) is 27.5. The molecule has 0 heterocycles. The van der Waals surface area contributed by atoms with Crippen LogP contribution in [0.3, 0.4) is 0 Å². The Balaban J connectivity index is 2.39. The van der Waals surface area contributed by atoms with Gasteiger partial charge in [0.1, 0.15) is 24.2 Å². The van der Waals surface area contributed by atoms with Gasteiger partial charge >= 0.3 is 0 Å². The van der Waals surface area contributed by atoms with Crippen molar-refractivity contribution in [1.29, 1.82) is 0 Å². The van der Waals surface area contributed by atoms with Crippen LogP contribution in [-0.2, 0) is 26.2 Å².